The van der Waals surface area contributed by atoms with Gasteiger partial charge < -0.3 is 46.1 Å². The lowest BCUT2D eigenvalue weighted by Crippen LogP contribution is -2.71. The van der Waals surface area contributed by atoms with E-state index in [4.69, 9.17) is 67.8 Å². The maximum atomic E-state index is 9.38. The third-order valence-corrected chi connectivity index (χ3v) is 36.8. The van der Waals surface area contributed by atoms with E-state index in [-0.39, 0.29) is 23.3 Å². The molecule has 4 aliphatic rings. The van der Waals surface area contributed by atoms with Gasteiger partial charge in [-0.1, -0.05) is 80.1 Å². The topological polar surface area (TPSA) is 279 Å². The van der Waals surface area contributed by atoms with Crippen LogP contribution in [-0.4, -0.2) is 97.2 Å². The molecule has 6 bridgehead atoms. The van der Waals surface area contributed by atoms with Crippen molar-refractivity contribution in [3.05, 3.63) is 278 Å². The molecule has 119 heavy (non-hydrogen) atoms. The highest BCUT2D eigenvalue weighted by atomic mass is 28.5. The Morgan fingerprint density at radius 2 is 0.479 bits per heavy atom. The fourth-order valence-electron chi connectivity index (χ4n) is 16.1. The van der Waals surface area contributed by atoms with Gasteiger partial charge in [0, 0.05) is 93.4 Å². The molecule has 18 rings (SSSR count). The van der Waals surface area contributed by atoms with Crippen molar-refractivity contribution >= 4 is 82.0 Å². The fraction of sp³-hybridized carbons (Fsp3) is 0.200. The van der Waals surface area contributed by atoms with Crippen LogP contribution in [0.4, 0.5) is 11.6 Å². The maximum absolute atomic E-state index is 9.38. The molecular formula is C90H82N16O10Si3. The first-order chi connectivity index (χ1) is 58.5. The minimum atomic E-state index is -5.20. The summed E-state index contributed by atoms with van der Waals surface area (Å²) in [7, 11) is -11.8. The normalized spacial score (nSPS) is 13.5. The lowest BCUT2D eigenvalue weighted by Gasteiger charge is -2.47. The van der Waals surface area contributed by atoms with Crippen molar-refractivity contribution in [2.75, 3.05) is 0 Å². The number of fused-ring (bicyclic) bond motifs is 14. The highest BCUT2D eigenvalue weighted by molar-refractivity contribution is 6.89. The van der Waals surface area contributed by atoms with Gasteiger partial charge in [-0.25, -0.2) is 30.0 Å². The number of amidine groups is 4. The largest absolute Gasteiger partial charge is 0.582 e. The molecule has 14 heterocycles. The Bertz CT molecular complexity index is 5950. The fourth-order valence-corrected chi connectivity index (χ4v) is 34.0. The van der Waals surface area contributed by atoms with Crippen molar-refractivity contribution in [2.45, 2.75) is 116 Å². The zero-order valence-corrected chi connectivity index (χ0v) is 69.3. The van der Waals surface area contributed by atoms with Crippen molar-refractivity contribution in [3.63, 3.8) is 0 Å². The second-order valence-electron chi connectivity index (χ2n) is 29.3. The number of rotatable bonds is 32. The number of ether oxygens (including phenoxy) is 8. The number of nitrogens with zero attached hydrogens (tertiary/aromatic N) is 16. The Balaban J connectivity index is 1.09. The molecule has 0 spiro atoms. The molecule has 594 valence electrons. The lowest BCUT2D eigenvalue weighted by atomic mass is 10.1. The lowest BCUT2D eigenvalue weighted by molar-refractivity contribution is 0.321. The van der Waals surface area contributed by atoms with Crippen LogP contribution >= 0.6 is 0 Å². The van der Waals surface area contributed by atoms with Crippen LogP contribution < -0.4 is 48.9 Å². The minimum absolute atomic E-state index is 0.244. The van der Waals surface area contributed by atoms with Crippen LogP contribution in [-0.2, 0) is 8.23 Å². The number of aliphatic imine (C=N–C) groups is 4. The Kier molecular flexibility index (Phi) is 21.6. The van der Waals surface area contributed by atoms with E-state index in [1.165, 1.54) is 0 Å². The van der Waals surface area contributed by atoms with Crippen LogP contribution in [0.3, 0.4) is 0 Å². The summed E-state index contributed by atoms with van der Waals surface area (Å²) in [5, 5.41) is 2.13. The van der Waals surface area contributed by atoms with Crippen molar-refractivity contribution in [2.24, 2.45) is 30.0 Å². The highest BCUT2D eigenvalue weighted by Crippen LogP contribution is 2.53. The van der Waals surface area contributed by atoms with Gasteiger partial charge in [-0.3, -0.25) is 48.3 Å². The molecule has 29 heteroatoms. The molecule has 14 aromatic rings. The molecule has 0 amide bonds. The van der Waals surface area contributed by atoms with Gasteiger partial charge in [-0.15, -0.1) is 0 Å². The van der Waals surface area contributed by atoms with E-state index in [9.17, 15) is 8.23 Å². The maximum Gasteiger partial charge on any atom is 0.582 e. The molecule has 4 aliphatic heterocycles. The average Bonchev–Trinajstić information content (AvgIpc) is 1.52. The summed E-state index contributed by atoms with van der Waals surface area (Å²) in [6.45, 7) is 13.5. The molecule has 0 atom stereocenters. The predicted molar refractivity (Wildman–Crippen MR) is 460 cm³/mol. The number of hydrogen-bond donors (Lipinski definition) is 0. The van der Waals surface area contributed by atoms with Gasteiger partial charge in [0.05, 0.1) is 49.6 Å². The van der Waals surface area contributed by atoms with Crippen LogP contribution in [0.15, 0.2) is 275 Å². The van der Waals surface area contributed by atoms with Crippen molar-refractivity contribution in [1.82, 2.24) is 48.3 Å². The number of pyridine rings is 8. The third-order valence-electron chi connectivity index (χ3n) is 20.8. The van der Waals surface area contributed by atoms with Gasteiger partial charge in [0.15, 0.2) is 86.0 Å². The van der Waals surface area contributed by atoms with Crippen LogP contribution in [0, 0.1) is 0 Å². The standard InChI is InChI=1S/C90H82N16O10Si3/c1-7-37-117(38-8-2,39-9-3)115-119(116-118(40-10-4,41-11-5)42-12-6)105-87-71-47-79(111-63-25-17-33-95-55-63)80(112-64-26-18-34-96-56-64)48-72(71)89(105)103-85-69-45-77(109-61-23-15-31-93-53-61)78(110-62-24-16-32-94-54-62)46-70(69)86(100-85)104-90-74-50-82(114-66-28-20-36-98-58-66)81(113-65-27-19-35-97-57-65)49-73(74)88(106(90)119)102-84-68-44-76(108-60-22-14-30-92-52-60)75(43-67(68)83(99-84)101-87)107-59-21-13-29-91-51-59/h13-36,43-58H,7-12,37-42H2,1-6H3. The minimum Gasteiger partial charge on any atom is -0.452 e. The molecular weight excluding hydrogens is 1550 g/mol. The van der Waals surface area contributed by atoms with Crippen molar-refractivity contribution < 1.29 is 46.1 Å². The van der Waals surface area contributed by atoms with E-state index in [1.807, 2.05) is 146 Å². The van der Waals surface area contributed by atoms with Crippen LogP contribution in [0.1, 0.15) is 102 Å². The Hall–Kier alpha value is -13.6. The first-order valence-electron chi connectivity index (χ1n) is 40.2. The summed E-state index contributed by atoms with van der Waals surface area (Å²) in [5.74, 6) is 7.53. The monoisotopic (exact) mass is 1630 g/mol. The first kappa shape index (κ1) is 76.7. The van der Waals surface area contributed by atoms with Crippen molar-refractivity contribution in [1.29, 1.82) is 0 Å². The summed E-state index contributed by atoms with van der Waals surface area (Å²) in [6.07, 6.45) is 31.5. The van der Waals surface area contributed by atoms with Crippen LogP contribution in [0.5, 0.6) is 92.0 Å². The third kappa shape index (κ3) is 15.4. The molecule has 4 aromatic carbocycles. The molecule has 10 aromatic heterocycles. The zero-order chi connectivity index (χ0) is 80.9. The average molecular weight is 1630 g/mol. The van der Waals surface area contributed by atoms with E-state index < -0.39 is 25.5 Å². The van der Waals surface area contributed by atoms with Crippen LogP contribution in [0.25, 0.3) is 21.5 Å². The Morgan fingerprint density at radius 1 is 0.261 bits per heavy atom. The molecule has 0 unspecified atom stereocenters. The number of hydrogen-bond acceptors (Lipinski definition) is 24. The van der Waals surface area contributed by atoms with Gasteiger partial charge in [0.2, 0.25) is 0 Å². The summed E-state index contributed by atoms with van der Waals surface area (Å²) < 4.78 is 79.5. The first-order valence-corrected chi connectivity index (χ1v) is 46.9. The van der Waals surface area contributed by atoms with E-state index in [1.54, 1.807) is 99.1 Å². The molecule has 26 nitrogen and oxygen atoms in total. The summed E-state index contributed by atoms with van der Waals surface area (Å²) in [6, 6.07) is 49.1. The second-order valence-corrected chi connectivity index (χ2v) is 40.6. The molecule has 0 radical (unpaired) electrons. The summed E-state index contributed by atoms with van der Waals surface area (Å²) >= 11 is 0. The van der Waals surface area contributed by atoms with Gasteiger partial charge in [-0.05, 0) is 182 Å². The molecule has 0 N–H and O–H groups in total. The smallest absolute Gasteiger partial charge is 0.452 e. The van der Waals surface area contributed by atoms with E-state index >= 15 is 0 Å². The van der Waals surface area contributed by atoms with Gasteiger partial charge in [-0.2, -0.15) is 0 Å². The highest BCUT2D eigenvalue weighted by Gasteiger charge is 2.61. The molecule has 0 aliphatic carbocycles. The van der Waals surface area contributed by atoms with E-state index in [0.29, 0.717) is 158 Å². The summed E-state index contributed by atoms with van der Waals surface area (Å²) in [5.41, 5.74) is 2.80. The van der Waals surface area contributed by atoms with Crippen LogP contribution in [0.2, 0.25) is 36.3 Å². The SMILES string of the molecule is CCC[Si](CCC)(CCC)O[Si]1(O[Si](CCC)(CCC)CCC)n2c3c4cc(Oc5cccnc5)c(Oc5cccnc5)cc4c2N=C2N=C(N=c4c5cc(Oc6cccnc6)c(Oc6cccnc6)cc5c(n41)=NC1=NC(=N3)c3cc(Oc4cccnc4)c(Oc4cccnc4)cc31)c1cc(Oc3cccnc3)c(Oc3cccnc3)cc12. The van der Waals surface area contributed by atoms with Crippen molar-refractivity contribution in [3.8, 4) is 92.0 Å². The quantitative estimate of drug-likeness (QED) is 0.0354. The van der Waals surface area contributed by atoms with Gasteiger partial charge in [0.25, 0.3) is 0 Å². The van der Waals surface area contributed by atoms with E-state index in [2.05, 4.69) is 89.9 Å². The van der Waals surface area contributed by atoms with E-state index in [0.717, 1.165) is 74.8 Å². The van der Waals surface area contributed by atoms with Gasteiger partial charge >= 0.3 is 8.88 Å². The second kappa shape index (κ2) is 33.6. The predicted octanol–water partition coefficient (Wildman–Crippen LogP) is 21.3. The summed E-state index contributed by atoms with van der Waals surface area (Å²) in [4.78, 5) is 72.2. The Morgan fingerprint density at radius 3 is 0.697 bits per heavy atom. The number of aromatic nitrogens is 10. The number of benzene rings is 4. The zero-order valence-electron chi connectivity index (χ0n) is 66.3. The molecule has 0 fully saturated rings. The van der Waals surface area contributed by atoms with Gasteiger partial charge in [0.1, 0.15) is 68.6 Å². The Labute approximate surface area is 688 Å². The molecule has 0 saturated heterocycles. The molecule has 0 saturated carbocycles.